The van der Waals surface area contributed by atoms with E-state index in [0.29, 0.717) is 0 Å². The number of aliphatic hydroxyl groups is 1. The molecule has 0 aromatic heterocycles. The van der Waals surface area contributed by atoms with Gasteiger partial charge in [-0.1, -0.05) is 24.3 Å². The molecule has 0 unspecified atom stereocenters. The topological polar surface area (TPSA) is 75.6 Å². The highest BCUT2D eigenvalue weighted by atomic mass is 16.5. The van der Waals surface area contributed by atoms with Crippen molar-refractivity contribution in [1.29, 1.82) is 0 Å². The second-order valence-electron chi connectivity index (χ2n) is 3.96. The molecular weight excluding hydrogens is 246 g/mol. The minimum atomic E-state index is -1.04. The molecule has 19 heavy (non-hydrogen) atoms. The lowest BCUT2D eigenvalue weighted by Gasteiger charge is -2.12. The van der Waals surface area contributed by atoms with E-state index in [-0.39, 0.29) is 0 Å². The number of carbonyl (C=O) groups excluding carboxylic acids is 2. The predicted octanol–water partition coefficient (Wildman–Crippen LogP) is 0.658. The molecule has 1 aromatic rings. The molecule has 1 aromatic carbocycles. The number of esters is 1. The van der Waals surface area contributed by atoms with Crippen LogP contribution in [0.15, 0.2) is 30.3 Å². The maximum absolute atomic E-state index is 11.6. The van der Waals surface area contributed by atoms with Gasteiger partial charge in [0.25, 0.3) is 0 Å². The van der Waals surface area contributed by atoms with Crippen molar-refractivity contribution in [3.63, 3.8) is 0 Å². The van der Waals surface area contributed by atoms with Crippen molar-refractivity contribution in [2.24, 2.45) is 0 Å². The molecule has 2 N–H and O–H groups in total. The Morgan fingerprint density at radius 1 is 1.42 bits per heavy atom. The maximum atomic E-state index is 11.6. The fourth-order valence-electron chi connectivity index (χ4n) is 1.48. The van der Waals surface area contributed by atoms with Gasteiger partial charge in [0.05, 0.1) is 13.7 Å². The summed E-state index contributed by atoms with van der Waals surface area (Å²) in [5, 5.41) is 11.3. The van der Waals surface area contributed by atoms with Gasteiger partial charge < -0.3 is 15.2 Å². The second kappa shape index (κ2) is 7.33. The first-order valence-corrected chi connectivity index (χ1v) is 5.81. The predicted molar refractivity (Wildman–Crippen MR) is 71.2 cm³/mol. The molecule has 5 nitrogen and oxygen atoms in total. The Labute approximate surface area is 111 Å². The smallest absolute Gasteiger partial charge is 0.330 e. The number of benzene rings is 1. The van der Waals surface area contributed by atoms with Crippen molar-refractivity contribution in [2.45, 2.75) is 13.0 Å². The quantitative estimate of drug-likeness (QED) is 0.604. The van der Waals surface area contributed by atoms with E-state index in [1.807, 2.05) is 31.2 Å². The van der Waals surface area contributed by atoms with Crippen molar-refractivity contribution in [2.75, 3.05) is 13.7 Å². The standard InChI is InChI=1S/C14H17NO4/c1-10-5-3-4-6-11(10)7-8-13(17)15-12(9-16)14(18)19-2/h3-8,12,16H,9H2,1-2H3,(H,15,17)/b8-7+/t12-/m0/s1. The van der Waals surface area contributed by atoms with Crippen LogP contribution in [-0.4, -0.2) is 36.7 Å². The number of aryl methyl sites for hydroxylation is 1. The molecule has 1 rings (SSSR count). The molecule has 102 valence electrons. The average Bonchev–Trinajstić information content (AvgIpc) is 2.43. The van der Waals surface area contributed by atoms with Crippen molar-refractivity contribution in [3.05, 3.63) is 41.5 Å². The summed E-state index contributed by atoms with van der Waals surface area (Å²) in [6, 6.07) is 6.55. The van der Waals surface area contributed by atoms with E-state index in [1.54, 1.807) is 6.08 Å². The van der Waals surface area contributed by atoms with Crippen LogP contribution in [0.2, 0.25) is 0 Å². The van der Waals surface area contributed by atoms with E-state index in [1.165, 1.54) is 13.2 Å². The number of rotatable bonds is 5. The third kappa shape index (κ3) is 4.56. The van der Waals surface area contributed by atoms with Crippen molar-refractivity contribution in [3.8, 4) is 0 Å². The number of amides is 1. The zero-order valence-electron chi connectivity index (χ0n) is 10.9. The van der Waals surface area contributed by atoms with E-state index in [9.17, 15) is 9.59 Å². The molecule has 0 bridgehead atoms. The molecule has 0 aliphatic heterocycles. The highest BCUT2D eigenvalue weighted by molar-refractivity contribution is 5.94. The van der Waals surface area contributed by atoms with Crippen molar-refractivity contribution in [1.82, 2.24) is 5.32 Å². The third-order valence-corrected chi connectivity index (χ3v) is 2.59. The molecule has 5 heteroatoms. The van der Waals surface area contributed by atoms with Crippen LogP contribution in [0, 0.1) is 6.92 Å². The summed E-state index contributed by atoms with van der Waals surface area (Å²) in [4.78, 5) is 22.8. The Hall–Kier alpha value is -2.14. The van der Waals surface area contributed by atoms with Crippen LogP contribution in [0.25, 0.3) is 6.08 Å². The van der Waals surface area contributed by atoms with E-state index in [4.69, 9.17) is 5.11 Å². The lowest BCUT2D eigenvalue weighted by molar-refractivity contribution is -0.145. The van der Waals surface area contributed by atoms with Crippen LogP contribution < -0.4 is 5.32 Å². The summed E-state index contributed by atoms with van der Waals surface area (Å²) in [5.74, 6) is -1.15. The lowest BCUT2D eigenvalue weighted by Crippen LogP contribution is -2.43. The molecule has 0 fully saturated rings. The monoisotopic (exact) mass is 263 g/mol. The fraction of sp³-hybridized carbons (Fsp3) is 0.286. The summed E-state index contributed by atoms with van der Waals surface area (Å²) in [5.41, 5.74) is 1.95. The lowest BCUT2D eigenvalue weighted by atomic mass is 10.1. The molecule has 0 aliphatic carbocycles. The van der Waals surface area contributed by atoms with Crippen LogP contribution in [0.4, 0.5) is 0 Å². The normalized spacial score (nSPS) is 12.2. The molecular formula is C14H17NO4. The third-order valence-electron chi connectivity index (χ3n) is 2.59. The van der Waals surface area contributed by atoms with Gasteiger partial charge in [0.1, 0.15) is 0 Å². The Morgan fingerprint density at radius 2 is 2.11 bits per heavy atom. The summed E-state index contributed by atoms with van der Waals surface area (Å²) in [6.07, 6.45) is 2.96. The van der Waals surface area contributed by atoms with E-state index in [2.05, 4.69) is 10.1 Å². The van der Waals surface area contributed by atoms with Gasteiger partial charge in [-0.3, -0.25) is 4.79 Å². The Bertz CT molecular complexity index is 482. The average molecular weight is 263 g/mol. The zero-order chi connectivity index (χ0) is 14.3. The molecule has 0 saturated heterocycles. The van der Waals surface area contributed by atoms with Gasteiger partial charge in [-0.25, -0.2) is 4.79 Å². The second-order valence-corrected chi connectivity index (χ2v) is 3.96. The SMILES string of the molecule is COC(=O)[C@H](CO)NC(=O)/C=C/c1ccccc1C. The molecule has 1 amide bonds. The van der Waals surface area contributed by atoms with Gasteiger partial charge in [0.15, 0.2) is 6.04 Å². The van der Waals surface area contributed by atoms with Crippen LogP contribution >= 0.6 is 0 Å². The number of hydrogen-bond donors (Lipinski definition) is 2. The molecule has 0 saturated carbocycles. The highest BCUT2D eigenvalue weighted by Gasteiger charge is 2.18. The Morgan fingerprint density at radius 3 is 2.68 bits per heavy atom. The van der Waals surface area contributed by atoms with E-state index < -0.39 is 24.5 Å². The van der Waals surface area contributed by atoms with Crippen molar-refractivity contribution < 1.29 is 19.4 Å². The number of nitrogens with one attached hydrogen (secondary N) is 1. The number of methoxy groups -OCH3 is 1. The van der Waals surface area contributed by atoms with E-state index in [0.717, 1.165) is 11.1 Å². The fourth-order valence-corrected chi connectivity index (χ4v) is 1.48. The van der Waals surface area contributed by atoms with Crippen LogP contribution in [0.3, 0.4) is 0 Å². The molecule has 0 radical (unpaired) electrons. The van der Waals surface area contributed by atoms with Gasteiger partial charge in [-0.2, -0.15) is 0 Å². The summed E-state index contributed by atoms with van der Waals surface area (Å²) >= 11 is 0. The maximum Gasteiger partial charge on any atom is 0.330 e. The van der Waals surface area contributed by atoms with Gasteiger partial charge >= 0.3 is 5.97 Å². The number of aliphatic hydroxyl groups excluding tert-OH is 1. The summed E-state index contributed by atoms with van der Waals surface area (Å²) in [7, 11) is 1.19. The molecule has 1 atom stereocenters. The first-order valence-electron chi connectivity index (χ1n) is 5.81. The van der Waals surface area contributed by atoms with Crippen molar-refractivity contribution >= 4 is 18.0 Å². The van der Waals surface area contributed by atoms with Crippen LogP contribution in [0.5, 0.6) is 0 Å². The van der Waals surface area contributed by atoms with Gasteiger partial charge in [-0.05, 0) is 24.1 Å². The number of hydrogen-bond acceptors (Lipinski definition) is 4. The van der Waals surface area contributed by atoms with Crippen LogP contribution in [-0.2, 0) is 14.3 Å². The van der Waals surface area contributed by atoms with Gasteiger partial charge in [0, 0.05) is 6.08 Å². The van der Waals surface area contributed by atoms with Crippen LogP contribution in [0.1, 0.15) is 11.1 Å². The summed E-state index contributed by atoms with van der Waals surface area (Å²) in [6.45, 7) is 1.43. The number of carbonyl (C=O) groups is 2. The molecule has 0 heterocycles. The molecule has 0 aliphatic rings. The largest absolute Gasteiger partial charge is 0.467 e. The first kappa shape index (κ1) is 14.9. The first-order chi connectivity index (χ1) is 9.08. The number of ether oxygens (including phenoxy) is 1. The van der Waals surface area contributed by atoms with Gasteiger partial charge in [0.2, 0.25) is 5.91 Å². The minimum absolute atomic E-state index is 0.465. The zero-order valence-corrected chi connectivity index (χ0v) is 10.9. The molecule has 0 spiro atoms. The minimum Gasteiger partial charge on any atom is -0.467 e. The highest BCUT2D eigenvalue weighted by Crippen LogP contribution is 2.08. The van der Waals surface area contributed by atoms with Gasteiger partial charge in [-0.15, -0.1) is 0 Å². The summed E-state index contributed by atoms with van der Waals surface area (Å²) < 4.78 is 4.45. The van der Waals surface area contributed by atoms with E-state index >= 15 is 0 Å². The Kier molecular flexibility index (Phi) is 5.75. The Balaban J connectivity index is 2.65.